The second-order valence-electron chi connectivity index (χ2n) is 5.40. The molecule has 0 saturated carbocycles. The Balaban J connectivity index is 2.39. The zero-order valence-corrected chi connectivity index (χ0v) is 15.1. The SMILES string of the molecule is CCN(CC(=O)NC(C)C)C(=O)CCSc1ccc(OC)cc1. The molecule has 0 radical (unpaired) electrons. The van der Waals surface area contributed by atoms with Gasteiger partial charge in [0.15, 0.2) is 0 Å². The van der Waals surface area contributed by atoms with Crippen LogP contribution in [-0.2, 0) is 9.59 Å². The molecule has 1 rings (SSSR count). The molecule has 0 saturated heterocycles. The van der Waals surface area contributed by atoms with E-state index in [-0.39, 0.29) is 24.4 Å². The van der Waals surface area contributed by atoms with Crippen LogP contribution in [0.4, 0.5) is 0 Å². The summed E-state index contributed by atoms with van der Waals surface area (Å²) in [6.45, 7) is 6.36. The number of nitrogens with one attached hydrogen (secondary N) is 1. The van der Waals surface area contributed by atoms with Crippen molar-refractivity contribution in [3.05, 3.63) is 24.3 Å². The summed E-state index contributed by atoms with van der Waals surface area (Å²) in [4.78, 5) is 26.6. The van der Waals surface area contributed by atoms with Gasteiger partial charge in [0, 0.05) is 29.7 Å². The maximum absolute atomic E-state index is 12.2. The number of likely N-dealkylation sites (N-methyl/N-ethyl adjacent to an activating group) is 1. The van der Waals surface area contributed by atoms with Gasteiger partial charge in [0.2, 0.25) is 11.8 Å². The number of thioether (sulfide) groups is 1. The summed E-state index contributed by atoms with van der Waals surface area (Å²) in [6, 6.07) is 7.84. The summed E-state index contributed by atoms with van der Waals surface area (Å²) in [5.41, 5.74) is 0. The molecule has 0 aliphatic carbocycles. The highest BCUT2D eigenvalue weighted by molar-refractivity contribution is 7.99. The molecule has 0 aromatic heterocycles. The highest BCUT2D eigenvalue weighted by atomic mass is 32.2. The van der Waals surface area contributed by atoms with E-state index in [0.29, 0.717) is 18.7 Å². The number of ether oxygens (including phenoxy) is 1. The maximum atomic E-state index is 12.2. The summed E-state index contributed by atoms with van der Waals surface area (Å²) < 4.78 is 5.11. The van der Waals surface area contributed by atoms with Crippen LogP contribution < -0.4 is 10.1 Å². The van der Waals surface area contributed by atoms with Crippen LogP contribution in [0.5, 0.6) is 5.75 Å². The molecular weight excluding hydrogens is 312 g/mol. The van der Waals surface area contributed by atoms with Crippen LogP contribution in [0.3, 0.4) is 0 Å². The Labute approximate surface area is 142 Å². The third-order valence-electron chi connectivity index (χ3n) is 3.16. The van der Waals surface area contributed by atoms with E-state index in [1.807, 2.05) is 45.0 Å². The first-order valence-corrected chi connectivity index (χ1v) is 8.78. The third-order valence-corrected chi connectivity index (χ3v) is 4.18. The van der Waals surface area contributed by atoms with Crippen LogP contribution in [0.1, 0.15) is 27.2 Å². The van der Waals surface area contributed by atoms with Gasteiger partial charge < -0.3 is 15.0 Å². The number of carbonyl (C=O) groups is 2. The lowest BCUT2D eigenvalue weighted by atomic mass is 10.3. The first-order valence-electron chi connectivity index (χ1n) is 7.80. The van der Waals surface area contributed by atoms with Gasteiger partial charge in [-0.05, 0) is 45.0 Å². The van der Waals surface area contributed by atoms with Crippen molar-refractivity contribution in [3.63, 3.8) is 0 Å². The van der Waals surface area contributed by atoms with Gasteiger partial charge in [-0.1, -0.05) is 0 Å². The molecule has 1 N–H and O–H groups in total. The van der Waals surface area contributed by atoms with Crippen molar-refractivity contribution in [2.45, 2.75) is 38.1 Å². The minimum absolute atomic E-state index is 0.00687. The number of hydrogen-bond donors (Lipinski definition) is 1. The van der Waals surface area contributed by atoms with E-state index in [1.165, 1.54) is 0 Å². The molecular formula is C17H26N2O3S. The zero-order valence-electron chi connectivity index (χ0n) is 14.3. The topological polar surface area (TPSA) is 58.6 Å². The van der Waals surface area contributed by atoms with Gasteiger partial charge in [0.05, 0.1) is 13.7 Å². The molecule has 6 heteroatoms. The minimum atomic E-state index is -0.113. The summed E-state index contributed by atoms with van der Waals surface area (Å²) in [6.07, 6.45) is 0.416. The fraction of sp³-hybridized carbons (Fsp3) is 0.529. The van der Waals surface area contributed by atoms with Gasteiger partial charge in [-0.3, -0.25) is 9.59 Å². The third kappa shape index (κ3) is 7.41. The molecule has 128 valence electrons. The minimum Gasteiger partial charge on any atom is -0.497 e. The molecule has 0 unspecified atom stereocenters. The lowest BCUT2D eigenvalue weighted by Crippen LogP contribution is -2.42. The average molecular weight is 338 g/mol. The van der Waals surface area contributed by atoms with Crippen molar-refractivity contribution < 1.29 is 14.3 Å². The van der Waals surface area contributed by atoms with E-state index < -0.39 is 0 Å². The molecule has 5 nitrogen and oxygen atoms in total. The standard InChI is InChI=1S/C17H26N2O3S/c1-5-19(12-16(20)18-13(2)3)17(21)10-11-23-15-8-6-14(22-4)7-9-15/h6-9,13H,5,10-12H2,1-4H3,(H,18,20). The van der Waals surface area contributed by atoms with Crippen LogP contribution in [0, 0.1) is 0 Å². The van der Waals surface area contributed by atoms with Crippen molar-refractivity contribution in [1.82, 2.24) is 10.2 Å². The highest BCUT2D eigenvalue weighted by Gasteiger charge is 2.15. The van der Waals surface area contributed by atoms with E-state index in [0.717, 1.165) is 10.6 Å². The molecule has 1 aromatic carbocycles. The number of nitrogens with zero attached hydrogens (tertiary/aromatic N) is 1. The Morgan fingerprint density at radius 3 is 2.43 bits per heavy atom. The van der Waals surface area contributed by atoms with Crippen molar-refractivity contribution >= 4 is 23.6 Å². The number of benzene rings is 1. The van der Waals surface area contributed by atoms with Crippen LogP contribution in [0.25, 0.3) is 0 Å². The van der Waals surface area contributed by atoms with Gasteiger partial charge >= 0.3 is 0 Å². The second kappa shape index (κ2) is 10.2. The molecule has 0 heterocycles. The lowest BCUT2D eigenvalue weighted by Gasteiger charge is -2.21. The molecule has 0 fully saturated rings. The van der Waals surface area contributed by atoms with Crippen molar-refractivity contribution in [2.75, 3.05) is 26.0 Å². The van der Waals surface area contributed by atoms with Gasteiger partial charge in [0.1, 0.15) is 5.75 Å². The zero-order chi connectivity index (χ0) is 17.2. The molecule has 0 spiro atoms. The molecule has 0 aliphatic rings. The van der Waals surface area contributed by atoms with E-state index in [4.69, 9.17) is 4.74 Å². The quantitative estimate of drug-likeness (QED) is 0.703. The largest absolute Gasteiger partial charge is 0.497 e. The number of carbonyl (C=O) groups excluding carboxylic acids is 2. The normalized spacial score (nSPS) is 10.5. The number of rotatable bonds is 9. The smallest absolute Gasteiger partial charge is 0.239 e. The van der Waals surface area contributed by atoms with Gasteiger partial charge in [-0.15, -0.1) is 11.8 Å². The average Bonchev–Trinajstić information content (AvgIpc) is 2.52. The van der Waals surface area contributed by atoms with Crippen LogP contribution >= 0.6 is 11.8 Å². The number of amides is 2. The van der Waals surface area contributed by atoms with Crippen molar-refractivity contribution in [2.24, 2.45) is 0 Å². The Hall–Kier alpha value is -1.69. The van der Waals surface area contributed by atoms with Crippen LogP contribution in [-0.4, -0.2) is 48.7 Å². The van der Waals surface area contributed by atoms with Gasteiger partial charge in [0.25, 0.3) is 0 Å². The molecule has 23 heavy (non-hydrogen) atoms. The predicted molar refractivity (Wildman–Crippen MR) is 93.9 cm³/mol. The first-order chi connectivity index (χ1) is 11.0. The monoisotopic (exact) mass is 338 g/mol. The number of hydrogen-bond acceptors (Lipinski definition) is 4. The lowest BCUT2D eigenvalue weighted by molar-refractivity contribution is -0.135. The summed E-state index contributed by atoms with van der Waals surface area (Å²) >= 11 is 1.62. The molecule has 0 aliphatic heterocycles. The Morgan fingerprint density at radius 2 is 1.91 bits per heavy atom. The Kier molecular flexibility index (Phi) is 8.55. The van der Waals surface area contributed by atoms with Crippen molar-refractivity contribution in [3.8, 4) is 5.75 Å². The maximum Gasteiger partial charge on any atom is 0.239 e. The summed E-state index contributed by atoms with van der Waals surface area (Å²) in [5, 5.41) is 2.81. The molecule has 1 aromatic rings. The Morgan fingerprint density at radius 1 is 1.26 bits per heavy atom. The van der Waals surface area contributed by atoms with E-state index in [9.17, 15) is 9.59 Å². The Bertz CT molecular complexity index is 503. The van der Waals surface area contributed by atoms with Gasteiger partial charge in [-0.25, -0.2) is 0 Å². The van der Waals surface area contributed by atoms with Crippen LogP contribution in [0.2, 0.25) is 0 Å². The fourth-order valence-corrected chi connectivity index (χ4v) is 2.84. The molecule has 2 amide bonds. The first kappa shape index (κ1) is 19.4. The van der Waals surface area contributed by atoms with Crippen molar-refractivity contribution in [1.29, 1.82) is 0 Å². The van der Waals surface area contributed by atoms with E-state index in [2.05, 4.69) is 5.32 Å². The summed E-state index contributed by atoms with van der Waals surface area (Å²) in [5.74, 6) is 1.40. The molecule has 0 atom stereocenters. The van der Waals surface area contributed by atoms with E-state index >= 15 is 0 Å². The fourth-order valence-electron chi connectivity index (χ4n) is 2.00. The number of methoxy groups -OCH3 is 1. The predicted octanol–water partition coefficient (Wildman–Crippen LogP) is 2.55. The molecule has 0 bridgehead atoms. The second-order valence-corrected chi connectivity index (χ2v) is 6.57. The van der Waals surface area contributed by atoms with E-state index in [1.54, 1.807) is 23.8 Å². The summed E-state index contributed by atoms with van der Waals surface area (Å²) in [7, 11) is 1.63. The highest BCUT2D eigenvalue weighted by Crippen LogP contribution is 2.22. The van der Waals surface area contributed by atoms with Gasteiger partial charge in [-0.2, -0.15) is 0 Å². The van der Waals surface area contributed by atoms with Crippen LogP contribution in [0.15, 0.2) is 29.2 Å².